The van der Waals surface area contributed by atoms with Gasteiger partial charge in [0, 0.05) is 12.7 Å². The van der Waals surface area contributed by atoms with Crippen molar-refractivity contribution >= 4 is 0 Å². The molecule has 0 aromatic carbocycles. The topological polar surface area (TPSA) is 68.8 Å². The predicted molar refractivity (Wildman–Crippen MR) is 32.2 cm³/mol. The van der Waals surface area contributed by atoms with Gasteiger partial charge >= 0.3 is 0 Å². The highest BCUT2D eigenvalue weighted by Crippen LogP contribution is 1.76. The van der Waals surface area contributed by atoms with E-state index in [1.165, 1.54) is 0 Å². The second-order valence-electron chi connectivity index (χ2n) is 1.62. The van der Waals surface area contributed by atoms with Crippen LogP contribution < -0.4 is 11.3 Å². The van der Waals surface area contributed by atoms with Crippen molar-refractivity contribution in [3.8, 4) is 0 Å². The Kier molecular flexibility index (Phi) is 2.17. The Hall–Kier alpha value is -0.940. The first-order valence-corrected chi connectivity index (χ1v) is 2.71. The van der Waals surface area contributed by atoms with Crippen molar-refractivity contribution in [1.82, 2.24) is 20.4 Å². The lowest BCUT2D eigenvalue weighted by Crippen LogP contribution is -2.26. The summed E-state index contributed by atoms with van der Waals surface area (Å²) >= 11 is 0. The zero-order chi connectivity index (χ0) is 6.53. The molecule has 1 heterocycles. The van der Waals surface area contributed by atoms with Crippen molar-refractivity contribution in [2.45, 2.75) is 6.54 Å². The summed E-state index contributed by atoms with van der Waals surface area (Å²) in [6.07, 6.45) is 3.42. The number of hydrazine groups is 1. The van der Waals surface area contributed by atoms with Gasteiger partial charge in [0.2, 0.25) is 0 Å². The molecule has 1 aromatic rings. The third kappa shape index (κ3) is 1.79. The lowest BCUT2D eigenvalue weighted by molar-refractivity contribution is 0.550. The highest BCUT2D eigenvalue weighted by Gasteiger charge is 1.86. The van der Waals surface area contributed by atoms with Crippen LogP contribution in [0.3, 0.4) is 0 Å². The Morgan fingerprint density at radius 2 is 2.56 bits per heavy atom. The van der Waals surface area contributed by atoms with Crippen molar-refractivity contribution in [2.24, 2.45) is 5.84 Å². The minimum Gasteiger partial charge on any atom is -0.271 e. The van der Waals surface area contributed by atoms with E-state index in [9.17, 15) is 0 Å². The summed E-state index contributed by atoms with van der Waals surface area (Å²) in [7, 11) is 0. The molecule has 0 aliphatic carbocycles. The van der Waals surface area contributed by atoms with E-state index in [0.717, 1.165) is 6.54 Å². The van der Waals surface area contributed by atoms with E-state index in [-0.39, 0.29) is 0 Å². The average Bonchev–Trinajstić information content (AvgIpc) is 2.34. The van der Waals surface area contributed by atoms with Crippen molar-refractivity contribution in [3.63, 3.8) is 0 Å². The molecule has 1 aromatic heterocycles. The fourth-order valence-corrected chi connectivity index (χ4v) is 0.531. The molecule has 1 rings (SSSR count). The molecule has 50 valence electrons. The van der Waals surface area contributed by atoms with Gasteiger partial charge in [0.1, 0.15) is 0 Å². The molecule has 0 bridgehead atoms. The lowest BCUT2D eigenvalue weighted by atomic mass is 10.6. The average molecular weight is 127 g/mol. The quantitative estimate of drug-likeness (QED) is 0.393. The van der Waals surface area contributed by atoms with Crippen LogP contribution in [0.5, 0.6) is 0 Å². The second-order valence-corrected chi connectivity index (χ2v) is 1.62. The number of hydrogen-bond acceptors (Lipinski definition) is 4. The fraction of sp³-hybridized carbons (Fsp3) is 0.500. The van der Waals surface area contributed by atoms with Gasteiger partial charge in [-0.1, -0.05) is 5.21 Å². The minimum absolute atomic E-state index is 0.712. The molecule has 0 saturated heterocycles. The Bertz CT molecular complexity index is 146. The molecular formula is C4H9N5. The van der Waals surface area contributed by atoms with Gasteiger partial charge in [-0.15, -0.1) is 5.10 Å². The first-order chi connectivity index (χ1) is 4.43. The number of hydrogen-bond donors (Lipinski definition) is 2. The van der Waals surface area contributed by atoms with Crippen LogP contribution in [-0.2, 0) is 6.54 Å². The largest absolute Gasteiger partial charge is 0.271 e. The standard InChI is InChI=1S/C4H9N5/c5-6-1-3-9-4-2-7-8-9/h2,4,6H,1,3,5H2. The maximum atomic E-state index is 5.03. The van der Waals surface area contributed by atoms with Crippen LogP contribution in [0, 0.1) is 0 Å². The molecule has 0 unspecified atom stereocenters. The summed E-state index contributed by atoms with van der Waals surface area (Å²) in [6, 6.07) is 0. The molecule has 3 N–H and O–H groups in total. The van der Waals surface area contributed by atoms with Gasteiger partial charge < -0.3 is 0 Å². The van der Waals surface area contributed by atoms with E-state index in [4.69, 9.17) is 5.84 Å². The zero-order valence-corrected chi connectivity index (χ0v) is 4.99. The molecule has 0 aliphatic heterocycles. The molecule has 0 amide bonds. The van der Waals surface area contributed by atoms with Crippen LogP contribution in [-0.4, -0.2) is 21.5 Å². The number of nitrogens with two attached hydrogens (primary N) is 1. The van der Waals surface area contributed by atoms with Crippen molar-refractivity contribution in [1.29, 1.82) is 0 Å². The molecule has 5 nitrogen and oxygen atoms in total. The Balaban J connectivity index is 2.30. The van der Waals surface area contributed by atoms with Crippen LogP contribution in [0.25, 0.3) is 0 Å². The lowest BCUT2D eigenvalue weighted by Gasteiger charge is -1.96. The minimum atomic E-state index is 0.712. The third-order valence-electron chi connectivity index (χ3n) is 0.957. The van der Waals surface area contributed by atoms with E-state index in [1.807, 2.05) is 0 Å². The van der Waals surface area contributed by atoms with E-state index < -0.39 is 0 Å². The van der Waals surface area contributed by atoms with Crippen molar-refractivity contribution in [2.75, 3.05) is 6.54 Å². The van der Waals surface area contributed by atoms with Crippen molar-refractivity contribution in [3.05, 3.63) is 12.4 Å². The third-order valence-corrected chi connectivity index (χ3v) is 0.957. The first-order valence-electron chi connectivity index (χ1n) is 2.71. The smallest absolute Gasteiger partial charge is 0.0692 e. The number of aromatic nitrogens is 3. The van der Waals surface area contributed by atoms with Gasteiger partial charge in [0.15, 0.2) is 0 Å². The van der Waals surface area contributed by atoms with Crippen LogP contribution in [0.1, 0.15) is 0 Å². The summed E-state index contributed by atoms with van der Waals surface area (Å²) in [5.41, 5.74) is 2.52. The molecule has 5 heteroatoms. The summed E-state index contributed by atoms with van der Waals surface area (Å²) in [6.45, 7) is 1.47. The SMILES string of the molecule is NNCCn1ccnn1. The van der Waals surface area contributed by atoms with E-state index >= 15 is 0 Å². The Morgan fingerprint density at radius 1 is 1.67 bits per heavy atom. The number of nitrogens with zero attached hydrogens (tertiary/aromatic N) is 3. The van der Waals surface area contributed by atoms with Crippen LogP contribution in [0.2, 0.25) is 0 Å². The Labute approximate surface area is 52.8 Å². The van der Waals surface area contributed by atoms with Gasteiger partial charge in [0.25, 0.3) is 0 Å². The Morgan fingerprint density at radius 3 is 3.11 bits per heavy atom. The molecule has 0 spiro atoms. The van der Waals surface area contributed by atoms with Gasteiger partial charge in [-0.05, 0) is 0 Å². The van der Waals surface area contributed by atoms with Gasteiger partial charge in [-0.2, -0.15) is 0 Å². The second kappa shape index (κ2) is 3.16. The summed E-state index contributed by atoms with van der Waals surface area (Å²) < 4.78 is 1.71. The molecule has 0 atom stereocenters. The van der Waals surface area contributed by atoms with Crippen molar-refractivity contribution < 1.29 is 0 Å². The monoisotopic (exact) mass is 127 g/mol. The predicted octanol–water partition coefficient (Wildman–Crippen LogP) is -1.26. The molecule has 0 saturated carbocycles. The molecular weight excluding hydrogens is 118 g/mol. The van der Waals surface area contributed by atoms with Gasteiger partial charge in [0.05, 0.1) is 12.7 Å². The number of nitrogens with one attached hydrogen (secondary N) is 1. The highest BCUT2D eigenvalue weighted by atomic mass is 15.4. The van der Waals surface area contributed by atoms with Crippen LogP contribution in [0.15, 0.2) is 12.4 Å². The number of rotatable bonds is 3. The highest BCUT2D eigenvalue weighted by molar-refractivity contribution is 4.63. The van der Waals surface area contributed by atoms with Crippen LogP contribution in [0.4, 0.5) is 0 Å². The summed E-state index contributed by atoms with van der Waals surface area (Å²) in [5.74, 6) is 5.03. The molecule has 0 radical (unpaired) electrons. The summed E-state index contributed by atoms with van der Waals surface area (Å²) in [5, 5.41) is 7.34. The molecule has 9 heavy (non-hydrogen) atoms. The maximum Gasteiger partial charge on any atom is 0.0692 e. The summed E-state index contributed by atoms with van der Waals surface area (Å²) in [4.78, 5) is 0. The van der Waals surface area contributed by atoms with E-state index in [2.05, 4.69) is 15.7 Å². The normalized spacial score (nSPS) is 9.89. The van der Waals surface area contributed by atoms with Crippen LogP contribution >= 0.6 is 0 Å². The molecule has 0 fully saturated rings. The van der Waals surface area contributed by atoms with Gasteiger partial charge in [-0.3, -0.25) is 16.0 Å². The van der Waals surface area contributed by atoms with E-state index in [1.54, 1.807) is 17.1 Å². The maximum absolute atomic E-state index is 5.03. The van der Waals surface area contributed by atoms with Gasteiger partial charge in [-0.25, -0.2) is 0 Å². The van der Waals surface area contributed by atoms with E-state index in [0.29, 0.717) is 6.54 Å². The molecule has 0 aliphatic rings. The fourth-order valence-electron chi connectivity index (χ4n) is 0.531. The zero-order valence-electron chi connectivity index (χ0n) is 4.99. The first kappa shape index (κ1) is 6.18.